The third kappa shape index (κ3) is 4.61. The first-order valence-corrected chi connectivity index (χ1v) is 5.60. The summed E-state index contributed by atoms with van der Waals surface area (Å²) in [6.07, 6.45) is -0.00808. The summed E-state index contributed by atoms with van der Waals surface area (Å²) in [6.45, 7) is 6.62. The molecule has 0 saturated carbocycles. The second-order valence-electron chi connectivity index (χ2n) is 4.03. The van der Waals surface area contributed by atoms with Crippen molar-refractivity contribution in [2.24, 2.45) is 5.92 Å². The van der Waals surface area contributed by atoms with Crippen LogP contribution in [-0.2, 0) is 9.59 Å². The van der Waals surface area contributed by atoms with Gasteiger partial charge in [0.15, 0.2) is 0 Å². The largest absolute Gasteiger partial charge is 0.481 e. The zero-order chi connectivity index (χ0) is 12.7. The van der Waals surface area contributed by atoms with Gasteiger partial charge in [-0.05, 0) is 20.9 Å². The number of hydrogen-bond donors (Lipinski definition) is 2. The van der Waals surface area contributed by atoms with E-state index in [1.807, 2.05) is 13.8 Å². The van der Waals surface area contributed by atoms with Crippen LogP contribution in [0.25, 0.3) is 0 Å². The molecule has 0 saturated heterocycles. The van der Waals surface area contributed by atoms with Gasteiger partial charge in [0.2, 0.25) is 5.91 Å². The van der Waals surface area contributed by atoms with Crippen molar-refractivity contribution < 1.29 is 14.7 Å². The minimum Gasteiger partial charge on any atom is -0.481 e. The van der Waals surface area contributed by atoms with Gasteiger partial charge in [-0.3, -0.25) is 9.59 Å². The van der Waals surface area contributed by atoms with Crippen molar-refractivity contribution in [2.45, 2.75) is 33.2 Å². The van der Waals surface area contributed by atoms with Crippen LogP contribution in [0.4, 0.5) is 0 Å². The minimum absolute atomic E-state index is 0.00519. The standard InChI is InChI=1S/C11H22N2O3/c1-5-13(9(3)6-10(14)15)11(16)8(2)7-12-4/h8-9,12H,5-7H2,1-4H3,(H,14,15). The smallest absolute Gasteiger partial charge is 0.305 e. The van der Waals surface area contributed by atoms with E-state index in [4.69, 9.17) is 5.11 Å². The van der Waals surface area contributed by atoms with E-state index in [-0.39, 0.29) is 24.3 Å². The highest BCUT2D eigenvalue weighted by molar-refractivity contribution is 5.79. The van der Waals surface area contributed by atoms with Gasteiger partial charge in [0.1, 0.15) is 0 Å². The van der Waals surface area contributed by atoms with E-state index < -0.39 is 5.97 Å². The normalized spacial score (nSPS) is 14.2. The van der Waals surface area contributed by atoms with Crippen molar-refractivity contribution >= 4 is 11.9 Å². The summed E-state index contributed by atoms with van der Waals surface area (Å²) in [5.41, 5.74) is 0. The number of rotatable bonds is 7. The Labute approximate surface area is 96.8 Å². The molecule has 0 heterocycles. The van der Waals surface area contributed by atoms with Crippen LogP contribution in [0.3, 0.4) is 0 Å². The summed E-state index contributed by atoms with van der Waals surface area (Å²) < 4.78 is 0. The molecule has 0 fully saturated rings. The van der Waals surface area contributed by atoms with Gasteiger partial charge >= 0.3 is 5.97 Å². The fourth-order valence-corrected chi connectivity index (χ4v) is 1.72. The Kier molecular flexibility index (Phi) is 6.72. The molecule has 5 heteroatoms. The number of amides is 1. The molecule has 0 bridgehead atoms. The van der Waals surface area contributed by atoms with Gasteiger partial charge in [0.05, 0.1) is 6.42 Å². The van der Waals surface area contributed by atoms with Crippen LogP contribution in [0.1, 0.15) is 27.2 Å². The molecule has 0 aliphatic heterocycles. The van der Waals surface area contributed by atoms with Crippen LogP contribution in [0, 0.1) is 5.92 Å². The molecule has 94 valence electrons. The van der Waals surface area contributed by atoms with Crippen LogP contribution in [0.15, 0.2) is 0 Å². The van der Waals surface area contributed by atoms with E-state index >= 15 is 0 Å². The highest BCUT2D eigenvalue weighted by atomic mass is 16.4. The Hall–Kier alpha value is -1.10. The molecule has 2 atom stereocenters. The summed E-state index contributed by atoms with van der Waals surface area (Å²) in [7, 11) is 1.79. The molecule has 16 heavy (non-hydrogen) atoms. The van der Waals surface area contributed by atoms with Crippen molar-refractivity contribution in [3.8, 4) is 0 Å². The van der Waals surface area contributed by atoms with E-state index in [1.165, 1.54) is 0 Å². The van der Waals surface area contributed by atoms with Crippen molar-refractivity contribution in [3.05, 3.63) is 0 Å². The first-order valence-electron chi connectivity index (χ1n) is 5.60. The Balaban J connectivity index is 4.46. The van der Waals surface area contributed by atoms with Crippen molar-refractivity contribution in [3.63, 3.8) is 0 Å². The SMILES string of the molecule is CCN(C(=O)C(C)CNC)C(C)CC(=O)O. The summed E-state index contributed by atoms with van der Waals surface area (Å²) >= 11 is 0. The van der Waals surface area contributed by atoms with E-state index in [0.29, 0.717) is 13.1 Å². The monoisotopic (exact) mass is 230 g/mol. The molecule has 2 N–H and O–H groups in total. The Morgan fingerprint density at radius 3 is 2.31 bits per heavy atom. The predicted molar refractivity (Wildman–Crippen MR) is 62.2 cm³/mol. The molecule has 0 rings (SSSR count). The van der Waals surface area contributed by atoms with E-state index in [9.17, 15) is 9.59 Å². The van der Waals surface area contributed by atoms with Crippen LogP contribution in [0.5, 0.6) is 0 Å². The number of carboxylic acid groups (broad SMARTS) is 1. The molecule has 0 aliphatic carbocycles. The van der Waals surface area contributed by atoms with Gasteiger partial charge in [-0.15, -0.1) is 0 Å². The maximum Gasteiger partial charge on any atom is 0.305 e. The van der Waals surface area contributed by atoms with Crippen molar-refractivity contribution in [1.29, 1.82) is 0 Å². The molecule has 0 radical (unpaired) electrons. The average molecular weight is 230 g/mol. The van der Waals surface area contributed by atoms with Crippen molar-refractivity contribution in [2.75, 3.05) is 20.1 Å². The quantitative estimate of drug-likeness (QED) is 0.670. The first kappa shape index (κ1) is 14.9. The van der Waals surface area contributed by atoms with Crippen LogP contribution >= 0.6 is 0 Å². The molecular weight excluding hydrogens is 208 g/mol. The highest BCUT2D eigenvalue weighted by Crippen LogP contribution is 2.09. The lowest BCUT2D eigenvalue weighted by Gasteiger charge is -2.29. The van der Waals surface area contributed by atoms with Gasteiger partial charge in [-0.25, -0.2) is 0 Å². The molecule has 2 unspecified atom stereocenters. The molecular formula is C11H22N2O3. The summed E-state index contributed by atoms with van der Waals surface area (Å²) in [5.74, 6) is -0.994. The second-order valence-corrected chi connectivity index (χ2v) is 4.03. The number of carboxylic acids is 1. The third-order valence-corrected chi connectivity index (χ3v) is 2.56. The van der Waals surface area contributed by atoms with Gasteiger partial charge in [-0.2, -0.15) is 0 Å². The summed E-state index contributed by atoms with van der Waals surface area (Å²) in [4.78, 5) is 24.2. The molecule has 0 aromatic rings. The third-order valence-electron chi connectivity index (χ3n) is 2.56. The Morgan fingerprint density at radius 2 is 1.94 bits per heavy atom. The number of nitrogens with zero attached hydrogens (tertiary/aromatic N) is 1. The minimum atomic E-state index is -0.875. The van der Waals surface area contributed by atoms with E-state index in [1.54, 1.807) is 18.9 Å². The maximum atomic E-state index is 12.0. The van der Waals surface area contributed by atoms with E-state index in [2.05, 4.69) is 5.32 Å². The van der Waals surface area contributed by atoms with Crippen LogP contribution in [-0.4, -0.2) is 48.1 Å². The number of carbonyl (C=O) groups is 2. The summed E-state index contributed by atoms with van der Waals surface area (Å²) in [5, 5.41) is 11.6. The first-order chi connectivity index (χ1) is 7.43. The fourth-order valence-electron chi connectivity index (χ4n) is 1.72. The predicted octanol–water partition coefficient (Wildman–Crippen LogP) is 0.554. The number of hydrogen-bond acceptors (Lipinski definition) is 3. The number of nitrogens with one attached hydrogen (secondary N) is 1. The second kappa shape index (κ2) is 7.22. The number of aliphatic carboxylic acids is 1. The lowest BCUT2D eigenvalue weighted by Crippen LogP contribution is -2.44. The lowest BCUT2D eigenvalue weighted by atomic mass is 10.1. The zero-order valence-electron chi connectivity index (χ0n) is 10.5. The van der Waals surface area contributed by atoms with Crippen molar-refractivity contribution in [1.82, 2.24) is 10.2 Å². The molecule has 0 aromatic carbocycles. The Morgan fingerprint density at radius 1 is 1.38 bits per heavy atom. The average Bonchev–Trinajstić information content (AvgIpc) is 2.17. The molecule has 5 nitrogen and oxygen atoms in total. The van der Waals surface area contributed by atoms with Gasteiger partial charge < -0.3 is 15.3 Å². The highest BCUT2D eigenvalue weighted by Gasteiger charge is 2.24. The lowest BCUT2D eigenvalue weighted by molar-refractivity contribution is -0.141. The van der Waals surface area contributed by atoms with Crippen LogP contribution < -0.4 is 5.32 Å². The fraction of sp³-hybridized carbons (Fsp3) is 0.818. The zero-order valence-corrected chi connectivity index (χ0v) is 10.5. The van der Waals surface area contributed by atoms with E-state index in [0.717, 1.165) is 0 Å². The van der Waals surface area contributed by atoms with Crippen LogP contribution in [0.2, 0.25) is 0 Å². The number of carbonyl (C=O) groups excluding carboxylic acids is 1. The topological polar surface area (TPSA) is 69.6 Å². The van der Waals surface area contributed by atoms with Gasteiger partial charge in [-0.1, -0.05) is 6.92 Å². The maximum absolute atomic E-state index is 12.0. The molecule has 0 aliphatic rings. The summed E-state index contributed by atoms with van der Waals surface area (Å²) in [6, 6.07) is -0.255. The van der Waals surface area contributed by atoms with Gasteiger partial charge in [0.25, 0.3) is 0 Å². The molecule has 1 amide bonds. The molecule has 0 spiro atoms. The molecule has 0 aromatic heterocycles. The Bertz CT molecular complexity index is 243. The van der Waals surface area contributed by atoms with Gasteiger partial charge in [0, 0.05) is 25.0 Å².